The molecule has 3 aromatic rings. The highest BCUT2D eigenvalue weighted by molar-refractivity contribution is 6.42. The van der Waals surface area contributed by atoms with Crippen molar-refractivity contribution in [2.75, 3.05) is 15.5 Å². The molecule has 6 nitrogen and oxygen atoms in total. The van der Waals surface area contributed by atoms with Gasteiger partial charge in [0, 0.05) is 17.8 Å². The number of furan rings is 1. The number of carbonyl (C=O) groups excluding carboxylic acids is 2. The van der Waals surface area contributed by atoms with E-state index < -0.39 is 18.0 Å². The van der Waals surface area contributed by atoms with Gasteiger partial charge in [0.25, 0.3) is 0 Å². The number of para-hydroxylation sites is 2. The first-order valence-electron chi connectivity index (χ1n) is 10.9. The quantitative estimate of drug-likeness (QED) is 0.391. The highest BCUT2D eigenvalue weighted by Gasteiger charge is 2.47. The first kappa shape index (κ1) is 22.6. The molecule has 2 amide bonds. The molecule has 0 saturated heterocycles. The van der Waals surface area contributed by atoms with Gasteiger partial charge in [-0.05, 0) is 47.9 Å². The largest absolute Gasteiger partial charge is 0.467 e. The zero-order valence-corrected chi connectivity index (χ0v) is 20.2. The van der Waals surface area contributed by atoms with Gasteiger partial charge in [-0.3, -0.25) is 9.69 Å². The molecule has 1 aliphatic carbocycles. The molecule has 0 radical (unpaired) electrons. The van der Waals surface area contributed by atoms with Crippen LogP contribution in [-0.4, -0.2) is 11.8 Å². The predicted molar refractivity (Wildman–Crippen MR) is 134 cm³/mol. The highest BCUT2D eigenvalue weighted by atomic mass is 35.5. The normalized spacial score (nSPS) is 21.0. The summed E-state index contributed by atoms with van der Waals surface area (Å²) in [5.41, 5.74) is 2.29. The predicted octanol–water partition coefficient (Wildman–Crippen LogP) is 7.29. The minimum atomic E-state index is -0.691. The number of allylic oxidation sites excluding steroid dienone is 1. The van der Waals surface area contributed by atoms with Crippen molar-refractivity contribution in [3.8, 4) is 0 Å². The average molecular weight is 496 g/mol. The Morgan fingerprint density at radius 2 is 1.91 bits per heavy atom. The molecule has 2 aromatic carbocycles. The summed E-state index contributed by atoms with van der Waals surface area (Å²) >= 11 is 12.2. The lowest BCUT2D eigenvalue weighted by molar-refractivity contribution is -0.124. The lowest BCUT2D eigenvalue weighted by atomic mass is 9.73. The summed E-state index contributed by atoms with van der Waals surface area (Å²) in [6.45, 7) is 4.06. The van der Waals surface area contributed by atoms with E-state index in [-0.39, 0.29) is 11.2 Å². The smallest absolute Gasteiger partial charge is 0.327 e. The van der Waals surface area contributed by atoms with E-state index in [0.717, 1.165) is 11.4 Å². The van der Waals surface area contributed by atoms with Crippen LogP contribution in [0.2, 0.25) is 10.0 Å². The van der Waals surface area contributed by atoms with Gasteiger partial charge >= 0.3 is 6.03 Å². The van der Waals surface area contributed by atoms with Crippen molar-refractivity contribution in [1.82, 2.24) is 0 Å². The second-order valence-corrected chi connectivity index (χ2v) is 10.1. The Kier molecular flexibility index (Phi) is 5.66. The second kappa shape index (κ2) is 8.53. The Morgan fingerprint density at radius 3 is 2.65 bits per heavy atom. The number of nitrogens with one attached hydrogen (secondary N) is 2. The van der Waals surface area contributed by atoms with Crippen LogP contribution in [-0.2, 0) is 4.79 Å². The van der Waals surface area contributed by atoms with Crippen molar-refractivity contribution in [2.45, 2.75) is 26.3 Å². The fraction of sp³-hybridized carbons (Fsp3) is 0.231. The number of carbonyl (C=O) groups is 2. The van der Waals surface area contributed by atoms with Crippen LogP contribution >= 0.6 is 23.2 Å². The Bertz CT molecular complexity index is 1300. The van der Waals surface area contributed by atoms with E-state index in [1.807, 2.05) is 38.1 Å². The second-order valence-electron chi connectivity index (χ2n) is 9.24. The van der Waals surface area contributed by atoms with Gasteiger partial charge in [0.2, 0.25) is 0 Å². The summed E-state index contributed by atoms with van der Waals surface area (Å²) in [6.07, 6.45) is 4.00. The van der Waals surface area contributed by atoms with Gasteiger partial charge in [-0.2, -0.15) is 0 Å². The molecule has 34 heavy (non-hydrogen) atoms. The van der Waals surface area contributed by atoms with E-state index >= 15 is 0 Å². The maximum atomic E-state index is 13.8. The average Bonchev–Trinajstić information content (AvgIpc) is 3.25. The molecule has 0 fully saturated rings. The molecule has 8 heteroatoms. The zero-order chi connectivity index (χ0) is 24.0. The molecule has 5 rings (SSSR count). The number of rotatable bonds is 2. The summed E-state index contributed by atoms with van der Waals surface area (Å²) in [5, 5.41) is 7.07. The van der Waals surface area contributed by atoms with Crippen LogP contribution < -0.4 is 15.5 Å². The standard InChI is InChI=1S/C26H23Cl2N3O3/c1-26(2)13-19-23(21(32)14-26)24(22-8-5-11-34-22)31(20-7-4-3-6-18(20)30-19)25(33)29-15-9-10-16(27)17(28)12-15/h3-13,23-24,30H,14H2,1-2H3,(H,29,33). The molecule has 0 spiro atoms. The maximum absolute atomic E-state index is 13.8. The Labute approximate surface area is 207 Å². The first-order valence-corrected chi connectivity index (χ1v) is 11.7. The van der Waals surface area contributed by atoms with Crippen molar-refractivity contribution >= 4 is 52.1 Å². The molecule has 0 saturated carbocycles. The number of hydrogen-bond acceptors (Lipinski definition) is 4. The van der Waals surface area contributed by atoms with Crippen LogP contribution in [0.15, 0.2) is 77.1 Å². The van der Waals surface area contributed by atoms with Gasteiger partial charge in [0.1, 0.15) is 17.6 Å². The van der Waals surface area contributed by atoms with Gasteiger partial charge in [-0.15, -0.1) is 0 Å². The molecule has 174 valence electrons. The number of benzene rings is 2. The van der Waals surface area contributed by atoms with Crippen molar-refractivity contribution in [1.29, 1.82) is 0 Å². The number of hydrogen-bond donors (Lipinski definition) is 2. The third-order valence-electron chi connectivity index (χ3n) is 6.12. The molecule has 2 N–H and O–H groups in total. The van der Waals surface area contributed by atoms with E-state index in [9.17, 15) is 9.59 Å². The van der Waals surface area contributed by atoms with E-state index in [1.54, 1.807) is 41.5 Å². The summed E-state index contributed by atoms with van der Waals surface area (Å²) in [5.74, 6) is -0.0607. The van der Waals surface area contributed by atoms with E-state index in [2.05, 4.69) is 16.7 Å². The van der Waals surface area contributed by atoms with Crippen molar-refractivity contribution in [3.63, 3.8) is 0 Å². The van der Waals surface area contributed by atoms with Crippen molar-refractivity contribution in [2.24, 2.45) is 11.3 Å². The zero-order valence-electron chi connectivity index (χ0n) is 18.6. The first-order chi connectivity index (χ1) is 16.2. The molecule has 0 bridgehead atoms. The summed E-state index contributed by atoms with van der Waals surface area (Å²) in [6, 6.07) is 14.8. The Morgan fingerprint density at radius 1 is 1.12 bits per heavy atom. The topological polar surface area (TPSA) is 74.6 Å². The van der Waals surface area contributed by atoms with Crippen LogP contribution in [0.3, 0.4) is 0 Å². The minimum Gasteiger partial charge on any atom is -0.467 e. The van der Waals surface area contributed by atoms with Gasteiger partial charge < -0.3 is 15.1 Å². The Hall–Kier alpha value is -3.22. The molecule has 2 unspecified atom stereocenters. The van der Waals surface area contributed by atoms with Crippen molar-refractivity contribution < 1.29 is 14.0 Å². The molecule has 1 aromatic heterocycles. The van der Waals surface area contributed by atoms with E-state index in [4.69, 9.17) is 27.6 Å². The molecule has 2 atom stereocenters. The third kappa shape index (κ3) is 4.08. The minimum absolute atomic E-state index is 0.0385. The van der Waals surface area contributed by atoms with E-state index in [1.165, 1.54) is 0 Å². The van der Waals surface area contributed by atoms with Crippen LogP contribution in [0, 0.1) is 11.3 Å². The SMILES string of the molecule is CC1(C)C=C2Nc3ccccc3N(C(=O)Nc3ccc(Cl)c(Cl)c3)C(c3ccco3)C2C(=O)C1. The van der Waals surface area contributed by atoms with Gasteiger partial charge in [0.05, 0.1) is 33.6 Å². The fourth-order valence-electron chi connectivity index (χ4n) is 4.74. The number of ketones is 1. The Balaban J connectivity index is 1.67. The third-order valence-corrected chi connectivity index (χ3v) is 6.86. The fourth-order valence-corrected chi connectivity index (χ4v) is 5.04. The molecule has 2 aliphatic rings. The van der Waals surface area contributed by atoms with Crippen LogP contribution in [0.4, 0.5) is 21.9 Å². The van der Waals surface area contributed by atoms with Gasteiger partial charge in [-0.1, -0.05) is 55.3 Å². The summed E-state index contributed by atoms with van der Waals surface area (Å²) < 4.78 is 5.79. The number of fused-ring (bicyclic) bond motifs is 2. The number of urea groups is 1. The number of amides is 2. The van der Waals surface area contributed by atoms with Gasteiger partial charge in [0.15, 0.2) is 0 Å². The lowest BCUT2D eigenvalue weighted by Crippen LogP contribution is -2.45. The number of anilines is 3. The van der Waals surface area contributed by atoms with E-state index in [0.29, 0.717) is 33.6 Å². The number of nitrogens with zero attached hydrogens (tertiary/aromatic N) is 1. The highest BCUT2D eigenvalue weighted by Crippen LogP contribution is 2.48. The molecule has 2 heterocycles. The lowest BCUT2D eigenvalue weighted by Gasteiger charge is -2.37. The van der Waals surface area contributed by atoms with Gasteiger partial charge in [-0.25, -0.2) is 4.79 Å². The molecular weight excluding hydrogens is 473 g/mol. The van der Waals surface area contributed by atoms with Crippen molar-refractivity contribution in [3.05, 3.63) is 88.4 Å². The van der Waals surface area contributed by atoms with Crippen LogP contribution in [0.5, 0.6) is 0 Å². The molecule has 1 aliphatic heterocycles. The number of Topliss-reactive ketones (excluding diaryl/α,β-unsaturated/α-hetero) is 1. The monoisotopic (exact) mass is 495 g/mol. The maximum Gasteiger partial charge on any atom is 0.327 e. The molecular formula is C26H23Cl2N3O3. The van der Waals surface area contributed by atoms with Crippen LogP contribution in [0.1, 0.15) is 32.1 Å². The van der Waals surface area contributed by atoms with Crippen LogP contribution in [0.25, 0.3) is 0 Å². The summed E-state index contributed by atoms with van der Waals surface area (Å²) in [4.78, 5) is 29.0. The summed E-state index contributed by atoms with van der Waals surface area (Å²) in [7, 11) is 0. The number of halogens is 2.